The minimum atomic E-state index is 0.445. The highest BCUT2D eigenvalue weighted by Gasteiger charge is 2.27. The van der Waals surface area contributed by atoms with Crippen molar-refractivity contribution in [3.63, 3.8) is 0 Å². The first-order valence-corrected chi connectivity index (χ1v) is 7.32. The van der Waals surface area contributed by atoms with Crippen molar-refractivity contribution < 1.29 is 4.52 Å². The Labute approximate surface area is 120 Å². The average Bonchev–Trinajstić information content (AvgIpc) is 3.01. The molecule has 1 aromatic heterocycles. The smallest absolute Gasteiger partial charge is 0.258 e. The topological polar surface area (TPSA) is 64.9 Å². The van der Waals surface area contributed by atoms with Gasteiger partial charge < -0.3 is 10.3 Å². The van der Waals surface area contributed by atoms with E-state index >= 15 is 0 Å². The number of nitrogens with two attached hydrogens (primary N) is 1. The summed E-state index contributed by atoms with van der Waals surface area (Å²) in [5.74, 6) is 2.59. The molecule has 3 rings (SSSR count). The number of benzene rings is 1. The van der Waals surface area contributed by atoms with E-state index in [-0.39, 0.29) is 0 Å². The van der Waals surface area contributed by atoms with Crippen LogP contribution in [0.2, 0.25) is 0 Å². The van der Waals surface area contributed by atoms with Crippen LogP contribution in [-0.2, 0) is 0 Å². The Hall–Kier alpha value is -1.36. The molecule has 2 unspecified atom stereocenters. The van der Waals surface area contributed by atoms with Gasteiger partial charge in [-0.05, 0) is 59.3 Å². The molecule has 1 saturated carbocycles. The summed E-state index contributed by atoms with van der Waals surface area (Å²) in [6.07, 6.45) is 3.56. The van der Waals surface area contributed by atoms with Gasteiger partial charge in [0.05, 0.1) is 0 Å². The molecule has 0 radical (unpaired) electrons. The zero-order valence-corrected chi connectivity index (χ0v) is 12.4. The predicted molar refractivity (Wildman–Crippen MR) is 77.6 cm³/mol. The molecule has 0 bridgehead atoms. The molecule has 0 amide bonds. The lowest BCUT2D eigenvalue weighted by atomic mass is 10.1. The van der Waals surface area contributed by atoms with E-state index in [1.54, 1.807) is 0 Å². The van der Waals surface area contributed by atoms with Crippen LogP contribution in [0, 0.1) is 5.92 Å². The number of aromatic nitrogens is 2. The molecule has 1 fully saturated rings. The van der Waals surface area contributed by atoms with E-state index in [4.69, 9.17) is 10.3 Å². The molecule has 1 aromatic carbocycles. The van der Waals surface area contributed by atoms with Gasteiger partial charge >= 0.3 is 0 Å². The summed E-state index contributed by atoms with van der Waals surface area (Å²) in [6, 6.07) is 5.67. The van der Waals surface area contributed by atoms with Crippen molar-refractivity contribution in [1.29, 1.82) is 0 Å². The second-order valence-electron chi connectivity index (χ2n) is 5.31. The third-order valence-corrected chi connectivity index (χ3v) is 4.47. The first-order chi connectivity index (χ1) is 9.13. The van der Waals surface area contributed by atoms with Crippen LogP contribution in [-0.4, -0.2) is 10.1 Å². The Morgan fingerprint density at radius 3 is 2.89 bits per heavy atom. The first kappa shape index (κ1) is 12.7. The summed E-state index contributed by atoms with van der Waals surface area (Å²) in [5.41, 5.74) is 7.41. The molecule has 1 heterocycles. The largest absolute Gasteiger partial charge is 0.398 e. The zero-order chi connectivity index (χ0) is 13.4. The van der Waals surface area contributed by atoms with Crippen LogP contribution in [0.5, 0.6) is 0 Å². The monoisotopic (exact) mass is 321 g/mol. The molecule has 2 atom stereocenters. The maximum Gasteiger partial charge on any atom is 0.258 e. The van der Waals surface area contributed by atoms with E-state index in [2.05, 4.69) is 33.0 Å². The number of hydrogen-bond acceptors (Lipinski definition) is 4. The van der Waals surface area contributed by atoms with Gasteiger partial charge in [0, 0.05) is 21.6 Å². The molecule has 4 nitrogen and oxygen atoms in total. The molecule has 2 aromatic rings. The Morgan fingerprint density at radius 1 is 1.37 bits per heavy atom. The standard InChI is InChI=1S/C14H16BrN3O/c1-8-2-3-9(6-8)13-17-14(19-18-13)10-4-5-11(15)12(16)7-10/h4-5,7-9H,2-3,6,16H2,1H3. The summed E-state index contributed by atoms with van der Waals surface area (Å²) in [5, 5.41) is 4.12. The zero-order valence-electron chi connectivity index (χ0n) is 10.8. The molecule has 0 saturated heterocycles. The quantitative estimate of drug-likeness (QED) is 0.849. The lowest BCUT2D eigenvalue weighted by Gasteiger charge is -2.02. The van der Waals surface area contributed by atoms with E-state index in [0.717, 1.165) is 34.6 Å². The number of anilines is 1. The van der Waals surface area contributed by atoms with Gasteiger partial charge in [-0.15, -0.1) is 0 Å². The summed E-state index contributed by atoms with van der Waals surface area (Å²) in [4.78, 5) is 4.52. The van der Waals surface area contributed by atoms with Crippen molar-refractivity contribution >= 4 is 21.6 Å². The van der Waals surface area contributed by atoms with Gasteiger partial charge in [-0.1, -0.05) is 12.1 Å². The maximum atomic E-state index is 5.87. The van der Waals surface area contributed by atoms with Crippen LogP contribution >= 0.6 is 15.9 Å². The SMILES string of the molecule is CC1CCC(c2noc(-c3ccc(Br)c(N)c3)n2)C1. The minimum absolute atomic E-state index is 0.445. The highest BCUT2D eigenvalue weighted by molar-refractivity contribution is 9.10. The van der Waals surface area contributed by atoms with Crippen LogP contribution in [0.15, 0.2) is 27.2 Å². The number of halogens is 1. The molecule has 100 valence electrons. The summed E-state index contributed by atoms with van der Waals surface area (Å²) in [7, 11) is 0. The van der Waals surface area contributed by atoms with Crippen molar-refractivity contribution in [1.82, 2.24) is 10.1 Å². The summed E-state index contributed by atoms with van der Waals surface area (Å²) in [6.45, 7) is 2.27. The van der Waals surface area contributed by atoms with Gasteiger partial charge in [-0.3, -0.25) is 0 Å². The van der Waals surface area contributed by atoms with E-state index in [1.807, 2.05) is 18.2 Å². The Morgan fingerprint density at radius 2 is 2.21 bits per heavy atom. The average molecular weight is 322 g/mol. The molecular weight excluding hydrogens is 306 g/mol. The molecule has 0 spiro atoms. The van der Waals surface area contributed by atoms with Gasteiger partial charge in [-0.2, -0.15) is 4.98 Å². The molecule has 2 N–H and O–H groups in total. The number of rotatable bonds is 2. The molecule has 19 heavy (non-hydrogen) atoms. The predicted octanol–water partition coefficient (Wildman–Crippen LogP) is 3.98. The second-order valence-corrected chi connectivity index (χ2v) is 6.16. The van der Waals surface area contributed by atoms with Crippen molar-refractivity contribution in [2.24, 2.45) is 5.92 Å². The Bertz CT molecular complexity index is 596. The second kappa shape index (κ2) is 4.96. The van der Waals surface area contributed by atoms with E-state index in [0.29, 0.717) is 17.5 Å². The van der Waals surface area contributed by atoms with Crippen LogP contribution < -0.4 is 5.73 Å². The van der Waals surface area contributed by atoms with Crippen molar-refractivity contribution in [3.05, 3.63) is 28.5 Å². The number of nitrogens with zero attached hydrogens (tertiary/aromatic N) is 2. The molecule has 5 heteroatoms. The van der Waals surface area contributed by atoms with Gasteiger partial charge in [0.2, 0.25) is 0 Å². The molecule has 0 aliphatic heterocycles. The van der Waals surface area contributed by atoms with Gasteiger partial charge in [-0.25, -0.2) is 0 Å². The van der Waals surface area contributed by atoms with E-state index < -0.39 is 0 Å². The highest BCUT2D eigenvalue weighted by atomic mass is 79.9. The van der Waals surface area contributed by atoms with Crippen molar-refractivity contribution in [2.45, 2.75) is 32.1 Å². The third kappa shape index (κ3) is 2.52. The first-order valence-electron chi connectivity index (χ1n) is 6.52. The van der Waals surface area contributed by atoms with Crippen LogP contribution in [0.25, 0.3) is 11.5 Å². The van der Waals surface area contributed by atoms with Gasteiger partial charge in [0.15, 0.2) is 5.82 Å². The molecule has 1 aliphatic rings. The van der Waals surface area contributed by atoms with Crippen LogP contribution in [0.1, 0.15) is 37.9 Å². The van der Waals surface area contributed by atoms with Crippen molar-refractivity contribution in [3.8, 4) is 11.5 Å². The van der Waals surface area contributed by atoms with Crippen molar-refractivity contribution in [2.75, 3.05) is 5.73 Å². The molecule has 1 aliphatic carbocycles. The number of nitrogen functional groups attached to an aromatic ring is 1. The summed E-state index contributed by atoms with van der Waals surface area (Å²) < 4.78 is 6.24. The molecular formula is C14H16BrN3O. The van der Waals surface area contributed by atoms with E-state index in [9.17, 15) is 0 Å². The lowest BCUT2D eigenvalue weighted by molar-refractivity contribution is 0.414. The Kier molecular flexibility index (Phi) is 3.31. The Balaban J connectivity index is 1.86. The van der Waals surface area contributed by atoms with E-state index in [1.165, 1.54) is 6.42 Å². The fourth-order valence-corrected chi connectivity index (χ4v) is 2.88. The minimum Gasteiger partial charge on any atom is -0.398 e. The number of hydrogen-bond donors (Lipinski definition) is 1. The van der Waals surface area contributed by atoms with Crippen LogP contribution in [0.3, 0.4) is 0 Å². The lowest BCUT2D eigenvalue weighted by Crippen LogP contribution is -1.96. The normalized spacial score (nSPS) is 22.8. The summed E-state index contributed by atoms with van der Waals surface area (Å²) >= 11 is 3.38. The van der Waals surface area contributed by atoms with Crippen LogP contribution in [0.4, 0.5) is 5.69 Å². The van der Waals surface area contributed by atoms with Gasteiger partial charge in [0.25, 0.3) is 5.89 Å². The maximum absolute atomic E-state index is 5.87. The third-order valence-electron chi connectivity index (χ3n) is 3.74. The fraction of sp³-hybridized carbons (Fsp3) is 0.429. The highest BCUT2D eigenvalue weighted by Crippen LogP contribution is 2.37. The fourth-order valence-electron chi connectivity index (χ4n) is 2.64. The van der Waals surface area contributed by atoms with Gasteiger partial charge in [0.1, 0.15) is 0 Å².